The third-order valence-electron chi connectivity index (χ3n) is 8.17. The monoisotopic (exact) mass is 476 g/mol. The van der Waals surface area contributed by atoms with Gasteiger partial charge >= 0.3 is 0 Å². The first-order chi connectivity index (χ1) is 17.0. The molecule has 1 N–H and O–H groups in total. The number of hydrogen-bond acceptors (Lipinski definition) is 5. The molecule has 1 unspecified atom stereocenters. The Bertz CT molecular complexity index is 1190. The second-order valence-electron chi connectivity index (χ2n) is 11.1. The summed E-state index contributed by atoms with van der Waals surface area (Å²) < 4.78 is 2.13. The molecule has 2 heterocycles. The zero-order valence-corrected chi connectivity index (χ0v) is 21.5. The van der Waals surface area contributed by atoms with Gasteiger partial charge in [0.2, 0.25) is 0 Å². The van der Waals surface area contributed by atoms with Gasteiger partial charge in [0.25, 0.3) is 5.56 Å². The van der Waals surface area contributed by atoms with Crippen LogP contribution in [0.2, 0.25) is 0 Å². The molecule has 0 bridgehead atoms. The highest BCUT2D eigenvalue weighted by molar-refractivity contribution is 5.79. The zero-order chi connectivity index (χ0) is 24.4. The molecule has 0 saturated heterocycles. The molecule has 3 aromatic rings. The van der Waals surface area contributed by atoms with E-state index >= 15 is 0 Å². The van der Waals surface area contributed by atoms with Gasteiger partial charge in [-0.05, 0) is 72.5 Å². The molecule has 2 saturated carbocycles. The van der Waals surface area contributed by atoms with Gasteiger partial charge in [-0.25, -0.2) is 4.68 Å². The van der Waals surface area contributed by atoms with E-state index in [2.05, 4.69) is 63.0 Å². The van der Waals surface area contributed by atoms with Gasteiger partial charge in [0.15, 0.2) is 5.82 Å². The summed E-state index contributed by atoms with van der Waals surface area (Å²) >= 11 is 0. The lowest BCUT2D eigenvalue weighted by Gasteiger charge is -2.41. The smallest absolute Gasteiger partial charge is 0.252 e. The number of aromatic amines is 1. The Hall–Kier alpha value is -2.54. The Morgan fingerprint density at radius 3 is 2.46 bits per heavy atom. The molecule has 7 nitrogen and oxygen atoms in total. The molecule has 0 spiro atoms. The second-order valence-corrected chi connectivity index (χ2v) is 11.1. The number of nitrogens with zero attached hydrogens (tertiary/aromatic N) is 5. The molecule has 2 aliphatic rings. The minimum atomic E-state index is 0.0107. The first-order valence-electron chi connectivity index (χ1n) is 13.7. The topological polar surface area (TPSA) is 79.7 Å². The number of rotatable bonds is 7. The van der Waals surface area contributed by atoms with Crippen LogP contribution in [0.15, 0.2) is 29.1 Å². The van der Waals surface area contributed by atoms with E-state index in [1.54, 1.807) is 0 Å². The number of pyridine rings is 1. The van der Waals surface area contributed by atoms with E-state index in [1.807, 2.05) is 12.1 Å². The summed E-state index contributed by atoms with van der Waals surface area (Å²) in [7, 11) is 0. The fourth-order valence-electron chi connectivity index (χ4n) is 6.36. The number of nitrogens with one attached hydrogen (secondary N) is 1. The van der Waals surface area contributed by atoms with Crippen LogP contribution in [0.1, 0.15) is 107 Å². The molecule has 188 valence electrons. The van der Waals surface area contributed by atoms with Gasteiger partial charge in [-0.3, -0.25) is 9.69 Å². The minimum Gasteiger partial charge on any atom is -0.322 e. The Balaban J connectivity index is 1.54. The molecule has 7 heteroatoms. The van der Waals surface area contributed by atoms with E-state index in [-0.39, 0.29) is 11.6 Å². The Labute approximate surface area is 208 Å². The molecular weight excluding hydrogens is 436 g/mol. The molecule has 2 aromatic heterocycles. The van der Waals surface area contributed by atoms with Crippen molar-refractivity contribution in [3.05, 3.63) is 51.6 Å². The molecule has 35 heavy (non-hydrogen) atoms. The predicted molar refractivity (Wildman–Crippen MR) is 139 cm³/mol. The molecule has 0 aliphatic heterocycles. The lowest BCUT2D eigenvalue weighted by molar-refractivity contribution is 0.0590. The number of tetrazole rings is 1. The lowest BCUT2D eigenvalue weighted by Crippen LogP contribution is -2.43. The summed E-state index contributed by atoms with van der Waals surface area (Å²) in [4.78, 5) is 18.9. The molecular formula is C28H40N6O. The van der Waals surface area contributed by atoms with Crippen molar-refractivity contribution in [2.45, 2.75) is 110 Å². The highest BCUT2D eigenvalue weighted by Crippen LogP contribution is 2.37. The highest BCUT2D eigenvalue weighted by atomic mass is 16.1. The maximum absolute atomic E-state index is 13.2. The molecule has 2 fully saturated rings. The number of hydrogen-bond donors (Lipinski definition) is 1. The maximum atomic E-state index is 13.2. The fourth-order valence-corrected chi connectivity index (χ4v) is 6.36. The van der Waals surface area contributed by atoms with Crippen LogP contribution in [0.5, 0.6) is 0 Å². The number of fused-ring (bicyclic) bond motifs is 1. The molecule has 0 radical (unpaired) electrons. The van der Waals surface area contributed by atoms with Crippen LogP contribution in [0.3, 0.4) is 0 Å². The van der Waals surface area contributed by atoms with Crippen LogP contribution in [0, 0.1) is 12.8 Å². The summed E-state index contributed by atoms with van der Waals surface area (Å²) in [6, 6.07) is 9.19. The quantitative estimate of drug-likeness (QED) is 0.462. The normalized spacial score (nSPS) is 19.1. The van der Waals surface area contributed by atoms with Crippen molar-refractivity contribution < 1.29 is 0 Å². The van der Waals surface area contributed by atoms with Gasteiger partial charge in [-0.2, -0.15) is 0 Å². The third kappa shape index (κ3) is 5.20. The van der Waals surface area contributed by atoms with Crippen LogP contribution in [0.4, 0.5) is 0 Å². The van der Waals surface area contributed by atoms with Crippen molar-refractivity contribution in [1.29, 1.82) is 0 Å². The molecule has 1 aromatic carbocycles. The van der Waals surface area contributed by atoms with Gasteiger partial charge in [-0.1, -0.05) is 64.0 Å². The first-order valence-corrected chi connectivity index (χ1v) is 13.7. The van der Waals surface area contributed by atoms with Gasteiger partial charge in [-0.15, -0.1) is 5.10 Å². The molecule has 5 rings (SSSR count). The van der Waals surface area contributed by atoms with Crippen LogP contribution in [-0.2, 0) is 6.54 Å². The van der Waals surface area contributed by atoms with E-state index < -0.39 is 0 Å². The Morgan fingerprint density at radius 1 is 1.03 bits per heavy atom. The van der Waals surface area contributed by atoms with E-state index in [4.69, 9.17) is 0 Å². The number of aromatic nitrogens is 5. The summed E-state index contributed by atoms with van der Waals surface area (Å²) in [5.41, 5.74) is 2.94. The van der Waals surface area contributed by atoms with E-state index in [9.17, 15) is 4.79 Å². The summed E-state index contributed by atoms with van der Waals surface area (Å²) in [5.74, 6) is 1.30. The van der Waals surface area contributed by atoms with Crippen molar-refractivity contribution in [3.8, 4) is 0 Å². The van der Waals surface area contributed by atoms with E-state index in [1.165, 1.54) is 56.9 Å². The first kappa shape index (κ1) is 24.2. The minimum absolute atomic E-state index is 0.0107. The Morgan fingerprint density at radius 2 is 1.74 bits per heavy atom. The van der Waals surface area contributed by atoms with Crippen molar-refractivity contribution >= 4 is 10.9 Å². The van der Waals surface area contributed by atoms with Crippen molar-refractivity contribution in [1.82, 2.24) is 30.1 Å². The maximum Gasteiger partial charge on any atom is 0.252 e. The number of aryl methyl sites for hydroxylation is 1. The van der Waals surface area contributed by atoms with Crippen LogP contribution >= 0.6 is 0 Å². The third-order valence-corrected chi connectivity index (χ3v) is 8.17. The van der Waals surface area contributed by atoms with Crippen LogP contribution in [0.25, 0.3) is 10.9 Å². The van der Waals surface area contributed by atoms with Gasteiger partial charge in [0.1, 0.15) is 0 Å². The molecule has 0 amide bonds. The van der Waals surface area contributed by atoms with Gasteiger partial charge in [0, 0.05) is 23.7 Å². The summed E-state index contributed by atoms with van der Waals surface area (Å²) in [5, 5.41) is 14.4. The average Bonchev–Trinajstić information content (AvgIpc) is 3.34. The zero-order valence-electron chi connectivity index (χ0n) is 21.5. The van der Waals surface area contributed by atoms with E-state index in [0.29, 0.717) is 24.5 Å². The number of benzene rings is 1. The largest absolute Gasteiger partial charge is 0.322 e. The van der Waals surface area contributed by atoms with Gasteiger partial charge in [0.05, 0.1) is 12.1 Å². The number of H-pyrrole nitrogens is 1. The summed E-state index contributed by atoms with van der Waals surface area (Å²) in [6.45, 7) is 7.26. The Kier molecular flexibility index (Phi) is 7.32. The second kappa shape index (κ2) is 10.6. The van der Waals surface area contributed by atoms with Crippen molar-refractivity contribution in [2.75, 3.05) is 0 Å². The predicted octanol–water partition coefficient (Wildman–Crippen LogP) is 5.86. The standard InChI is InChI=1S/C28H40N6O/c1-19(2)26(27-30-31-32-34(27)24-12-8-5-9-13-24)33(23-10-6-4-7-11-23)18-22-17-21-16-20(3)14-15-25(21)29-28(22)35/h14-17,19,23-24,26H,4-13,18H2,1-3H3,(H,29,35). The van der Waals surface area contributed by atoms with Crippen molar-refractivity contribution in [2.24, 2.45) is 5.92 Å². The molecule has 1 atom stereocenters. The summed E-state index contributed by atoms with van der Waals surface area (Å²) in [6.07, 6.45) is 12.2. The lowest BCUT2D eigenvalue weighted by atomic mass is 9.89. The van der Waals surface area contributed by atoms with Crippen LogP contribution in [-0.4, -0.2) is 36.1 Å². The SMILES string of the molecule is Cc1ccc2[nH]c(=O)c(CN(C3CCCCC3)C(c3nnnn3C3CCCCC3)C(C)C)cc2c1. The van der Waals surface area contributed by atoms with Gasteiger partial charge < -0.3 is 4.98 Å². The highest BCUT2D eigenvalue weighted by Gasteiger charge is 2.36. The molecule has 2 aliphatic carbocycles. The average molecular weight is 477 g/mol. The van der Waals surface area contributed by atoms with Crippen molar-refractivity contribution in [3.63, 3.8) is 0 Å². The fraction of sp³-hybridized carbons (Fsp3) is 0.643. The van der Waals surface area contributed by atoms with E-state index in [0.717, 1.165) is 35.1 Å². The van der Waals surface area contributed by atoms with Crippen LogP contribution < -0.4 is 5.56 Å².